The van der Waals surface area contributed by atoms with Crippen molar-refractivity contribution in [1.29, 1.82) is 0 Å². The third kappa shape index (κ3) is 5.37. The van der Waals surface area contributed by atoms with E-state index in [9.17, 15) is 0 Å². The van der Waals surface area contributed by atoms with Gasteiger partial charge < -0.3 is 19.4 Å². The molecule has 1 aromatic heterocycles. The fourth-order valence-corrected chi connectivity index (χ4v) is 2.75. The van der Waals surface area contributed by atoms with Crippen molar-refractivity contribution >= 4 is 0 Å². The Labute approximate surface area is 137 Å². The van der Waals surface area contributed by atoms with E-state index in [1.807, 2.05) is 30.9 Å². The molecule has 1 aromatic carbocycles. The van der Waals surface area contributed by atoms with Crippen LogP contribution in [0.2, 0.25) is 0 Å². The second-order valence-corrected chi connectivity index (χ2v) is 5.92. The molecule has 0 saturated carbocycles. The lowest BCUT2D eigenvalue weighted by atomic mass is 10.2. The van der Waals surface area contributed by atoms with Crippen LogP contribution in [0.3, 0.4) is 0 Å². The summed E-state index contributed by atoms with van der Waals surface area (Å²) in [4.78, 5) is 4.04. The van der Waals surface area contributed by atoms with Crippen molar-refractivity contribution in [2.45, 2.75) is 38.5 Å². The van der Waals surface area contributed by atoms with Gasteiger partial charge >= 0.3 is 0 Å². The minimum Gasteiger partial charge on any atom is -0.491 e. The highest BCUT2D eigenvalue weighted by Gasteiger charge is 2.15. The number of nitrogens with one attached hydrogen (secondary N) is 1. The lowest BCUT2D eigenvalue weighted by Gasteiger charge is -2.12. The fraction of sp³-hybridized carbons (Fsp3) is 0.500. The molecule has 1 atom stereocenters. The maximum atomic E-state index is 5.84. The average Bonchev–Trinajstić information content (AvgIpc) is 3.27. The molecule has 5 nitrogen and oxygen atoms in total. The number of benzene rings is 1. The standard InChI is InChI=1S/C18H25N3O2/c1-4-16(13-19-7-3-9-21-10-8-20-15-21)12-17(5-1)23-14-18-6-2-11-22-18/h1,4-5,8,10,12,15,18-19H,2-3,6-7,9,11,13-14H2. The zero-order chi connectivity index (χ0) is 15.7. The number of imidazole rings is 1. The SMILES string of the molecule is c1cc(CNCCCn2ccnc2)cc(OCC2CCCO2)c1. The predicted molar refractivity (Wildman–Crippen MR) is 89.5 cm³/mol. The van der Waals surface area contributed by atoms with Gasteiger partial charge in [-0.25, -0.2) is 4.98 Å². The Morgan fingerprint density at radius 3 is 3.22 bits per heavy atom. The first-order valence-corrected chi connectivity index (χ1v) is 8.40. The summed E-state index contributed by atoms with van der Waals surface area (Å²) in [6.07, 6.45) is 9.28. The van der Waals surface area contributed by atoms with Gasteiger partial charge in [0.15, 0.2) is 0 Å². The summed E-state index contributed by atoms with van der Waals surface area (Å²) in [7, 11) is 0. The van der Waals surface area contributed by atoms with Gasteiger partial charge in [0.2, 0.25) is 0 Å². The van der Waals surface area contributed by atoms with Crippen LogP contribution in [-0.2, 0) is 17.8 Å². The number of rotatable bonds is 9. The first-order valence-electron chi connectivity index (χ1n) is 8.40. The largest absolute Gasteiger partial charge is 0.491 e. The Bertz CT molecular complexity index is 565. The van der Waals surface area contributed by atoms with E-state index >= 15 is 0 Å². The van der Waals surface area contributed by atoms with Crippen molar-refractivity contribution in [2.24, 2.45) is 0 Å². The van der Waals surface area contributed by atoms with E-state index in [4.69, 9.17) is 9.47 Å². The zero-order valence-corrected chi connectivity index (χ0v) is 13.5. The third-order valence-corrected chi connectivity index (χ3v) is 4.02. The maximum absolute atomic E-state index is 5.84. The molecule has 0 amide bonds. The third-order valence-electron chi connectivity index (χ3n) is 4.02. The van der Waals surface area contributed by atoms with Crippen molar-refractivity contribution in [3.63, 3.8) is 0 Å². The lowest BCUT2D eigenvalue weighted by molar-refractivity contribution is 0.0679. The molecular weight excluding hydrogens is 290 g/mol. The molecule has 0 spiro atoms. The molecule has 5 heteroatoms. The van der Waals surface area contributed by atoms with Crippen LogP contribution < -0.4 is 10.1 Å². The smallest absolute Gasteiger partial charge is 0.119 e. The molecule has 1 aliphatic rings. The van der Waals surface area contributed by atoms with Gasteiger partial charge in [-0.05, 0) is 43.5 Å². The van der Waals surface area contributed by atoms with Gasteiger partial charge in [0, 0.05) is 32.1 Å². The summed E-state index contributed by atoms with van der Waals surface area (Å²) in [6, 6.07) is 8.30. The molecule has 2 aromatic rings. The van der Waals surface area contributed by atoms with Gasteiger partial charge in [-0.3, -0.25) is 0 Å². The molecule has 0 aliphatic carbocycles. The number of hydrogen-bond acceptors (Lipinski definition) is 4. The molecule has 23 heavy (non-hydrogen) atoms. The number of nitrogens with zero attached hydrogens (tertiary/aromatic N) is 2. The number of ether oxygens (including phenoxy) is 2. The maximum Gasteiger partial charge on any atom is 0.119 e. The number of hydrogen-bond donors (Lipinski definition) is 1. The highest BCUT2D eigenvalue weighted by atomic mass is 16.5. The van der Waals surface area contributed by atoms with E-state index in [0.717, 1.165) is 51.3 Å². The van der Waals surface area contributed by atoms with Crippen molar-refractivity contribution in [1.82, 2.24) is 14.9 Å². The molecule has 1 fully saturated rings. The Morgan fingerprint density at radius 1 is 1.39 bits per heavy atom. The normalized spacial score (nSPS) is 17.5. The zero-order valence-electron chi connectivity index (χ0n) is 13.5. The monoisotopic (exact) mass is 315 g/mol. The Hall–Kier alpha value is -1.85. The van der Waals surface area contributed by atoms with Crippen LogP contribution in [0.1, 0.15) is 24.8 Å². The van der Waals surface area contributed by atoms with Crippen molar-refractivity contribution in [3.8, 4) is 5.75 Å². The molecular formula is C18H25N3O2. The van der Waals surface area contributed by atoms with E-state index < -0.39 is 0 Å². The molecule has 1 unspecified atom stereocenters. The molecule has 0 bridgehead atoms. The second kappa shape index (κ2) is 8.70. The fourth-order valence-electron chi connectivity index (χ4n) is 2.75. The van der Waals surface area contributed by atoms with Crippen LogP contribution in [-0.4, -0.2) is 35.4 Å². The van der Waals surface area contributed by atoms with Gasteiger partial charge in [-0.1, -0.05) is 12.1 Å². The Balaban J connectivity index is 1.35. The lowest BCUT2D eigenvalue weighted by Crippen LogP contribution is -2.17. The predicted octanol–water partition coefficient (Wildman–Crippen LogP) is 2.62. The van der Waals surface area contributed by atoms with Crippen LogP contribution in [0.15, 0.2) is 43.0 Å². The van der Waals surface area contributed by atoms with Gasteiger partial charge in [-0.15, -0.1) is 0 Å². The highest BCUT2D eigenvalue weighted by Crippen LogP contribution is 2.17. The molecule has 0 radical (unpaired) electrons. The van der Waals surface area contributed by atoms with E-state index in [0.29, 0.717) is 6.61 Å². The van der Waals surface area contributed by atoms with Crippen LogP contribution in [0.5, 0.6) is 5.75 Å². The molecule has 1 saturated heterocycles. The van der Waals surface area contributed by atoms with Gasteiger partial charge in [0.1, 0.15) is 12.4 Å². The number of aryl methyl sites for hydroxylation is 1. The quantitative estimate of drug-likeness (QED) is 0.723. The molecule has 124 valence electrons. The van der Waals surface area contributed by atoms with E-state index in [1.165, 1.54) is 5.56 Å². The summed E-state index contributed by atoms with van der Waals surface area (Å²) < 4.78 is 13.5. The molecule has 3 rings (SSSR count). The molecule has 1 aliphatic heterocycles. The summed E-state index contributed by atoms with van der Waals surface area (Å²) in [5.41, 5.74) is 1.25. The highest BCUT2D eigenvalue weighted by molar-refractivity contribution is 5.28. The minimum absolute atomic E-state index is 0.264. The van der Waals surface area contributed by atoms with Crippen molar-refractivity contribution in [2.75, 3.05) is 19.8 Å². The molecule has 2 heterocycles. The summed E-state index contributed by atoms with van der Waals surface area (Å²) in [5, 5.41) is 3.47. The van der Waals surface area contributed by atoms with Crippen LogP contribution in [0.4, 0.5) is 0 Å². The van der Waals surface area contributed by atoms with Crippen LogP contribution in [0.25, 0.3) is 0 Å². The van der Waals surface area contributed by atoms with Crippen molar-refractivity contribution < 1.29 is 9.47 Å². The van der Waals surface area contributed by atoms with Crippen LogP contribution >= 0.6 is 0 Å². The van der Waals surface area contributed by atoms with Gasteiger partial charge in [0.25, 0.3) is 0 Å². The van der Waals surface area contributed by atoms with E-state index in [1.54, 1.807) is 0 Å². The minimum atomic E-state index is 0.264. The summed E-state index contributed by atoms with van der Waals surface area (Å²) in [5.74, 6) is 0.929. The molecule has 1 N–H and O–H groups in total. The van der Waals surface area contributed by atoms with Gasteiger partial charge in [-0.2, -0.15) is 0 Å². The van der Waals surface area contributed by atoms with Crippen molar-refractivity contribution in [3.05, 3.63) is 48.5 Å². The average molecular weight is 315 g/mol. The first-order chi connectivity index (χ1) is 11.4. The van der Waals surface area contributed by atoms with Gasteiger partial charge in [0.05, 0.1) is 12.4 Å². The number of aromatic nitrogens is 2. The van der Waals surface area contributed by atoms with Crippen LogP contribution in [0, 0.1) is 0 Å². The Morgan fingerprint density at radius 2 is 2.39 bits per heavy atom. The topological polar surface area (TPSA) is 48.3 Å². The Kier molecular flexibility index (Phi) is 6.06. The van der Waals surface area contributed by atoms with E-state index in [-0.39, 0.29) is 6.10 Å². The summed E-state index contributed by atoms with van der Waals surface area (Å²) in [6.45, 7) is 4.37. The summed E-state index contributed by atoms with van der Waals surface area (Å²) >= 11 is 0. The second-order valence-electron chi connectivity index (χ2n) is 5.92. The first kappa shape index (κ1) is 16.0. The van der Waals surface area contributed by atoms with E-state index in [2.05, 4.69) is 27.0 Å².